The van der Waals surface area contributed by atoms with Gasteiger partial charge >= 0.3 is 0 Å². The van der Waals surface area contributed by atoms with Gasteiger partial charge in [-0.2, -0.15) is 0 Å². The summed E-state index contributed by atoms with van der Waals surface area (Å²) in [6.45, 7) is -0.102. The number of amides is 2. The fourth-order valence-electron chi connectivity index (χ4n) is 5.19. The number of hydrogen-bond donors (Lipinski definition) is 1. The van der Waals surface area contributed by atoms with Crippen LogP contribution in [-0.4, -0.2) is 35.0 Å². The molecule has 3 aliphatic rings. The minimum Gasteiger partial charge on any atom is -0.395 e. The Kier molecular flexibility index (Phi) is 4.02. The summed E-state index contributed by atoms with van der Waals surface area (Å²) in [5.41, 5.74) is 4.52. The first-order chi connectivity index (χ1) is 13.7. The molecule has 0 radical (unpaired) electrons. The van der Waals surface area contributed by atoms with Crippen LogP contribution in [0.15, 0.2) is 78.4 Å². The molecule has 28 heavy (non-hydrogen) atoms. The summed E-state index contributed by atoms with van der Waals surface area (Å²) in [4.78, 5) is 27.2. The van der Waals surface area contributed by atoms with Crippen molar-refractivity contribution in [3.8, 4) is 0 Å². The van der Waals surface area contributed by atoms with Gasteiger partial charge in [-0.05, 0) is 22.3 Å². The lowest BCUT2D eigenvalue weighted by atomic mass is 9.85. The van der Waals surface area contributed by atoms with Gasteiger partial charge in [0.05, 0.1) is 25.0 Å². The molecule has 2 aromatic carbocycles. The number of allylic oxidation sites excluding steroid dienone is 3. The van der Waals surface area contributed by atoms with Crippen molar-refractivity contribution in [1.82, 2.24) is 4.90 Å². The van der Waals surface area contributed by atoms with Crippen LogP contribution in [0, 0.1) is 23.7 Å². The fraction of sp³-hybridized carbons (Fsp3) is 0.250. The Balaban J connectivity index is 1.67. The number of carbonyl (C=O) groups is 2. The van der Waals surface area contributed by atoms with E-state index in [0.29, 0.717) is 0 Å². The molecular weight excluding hydrogens is 350 g/mol. The Labute approximate surface area is 163 Å². The van der Waals surface area contributed by atoms with E-state index in [1.807, 2.05) is 36.4 Å². The van der Waals surface area contributed by atoms with E-state index in [2.05, 4.69) is 36.4 Å². The number of fused-ring (bicyclic) bond motifs is 5. The Morgan fingerprint density at radius 1 is 0.786 bits per heavy atom. The second-order valence-corrected chi connectivity index (χ2v) is 7.60. The molecule has 1 saturated heterocycles. The number of hydrogen-bond acceptors (Lipinski definition) is 3. The Morgan fingerprint density at radius 3 is 1.68 bits per heavy atom. The van der Waals surface area contributed by atoms with E-state index in [-0.39, 0.29) is 48.6 Å². The van der Waals surface area contributed by atoms with Crippen molar-refractivity contribution < 1.29 is 14.7 Å². The first-order valence-electron chi connectivity index (χ1n) is 9.71. The summed E-state index contributed by atoms with van der Waals surface area (Å²) in [5.74, 6) is -1.09. The number of carbonyl (C=O) groups excluding carboxylic acids is 2. The third kappa shape index (κ3) is 2.34. The number of imide groups is 1. The zero-order valence-electron chi connectivity index (χ0n) is 15.4. The van der Waals surface area contributed by atoms with E-state index in [0.717, 1.165) is 16.7 Å². The van der Waals surface area contributed by atoms with Crippen molar-refractivity contribution in [2.24, 2.45) is 23.7 Å². The standard InChI is InChI=1S/C24H21NO3/c26-14-13-25-23(27)21-17-11-12-18(22(21)24(25)28)20(17)19(15-7-3-1-4-8-15)16-9-5-2-6-10-16/h1-12,17-18,21-22,26H,13-14H2/t17-,18+,21-,22-/m1/s1. The predicted molar refractivity (Wildman–Crippen MR) is 106 cm³/mol. The summed E-state index contributed by atoms with van der Waals surface area (Å²) in [5, 5.41) is 9.24. The smallest absolute Gasteiger partial charge is 0.234 e. The van der Waals surface area contributed by atoms with Gasteiger partial charge in [-0.25, -0.2) is 0 Å². The van der Waals surface area contributed by atoms with Gasteiger partial charge in [0.2, 0.25) is 11.8 Å². The van der Waals surface area contributed by atoms with E-state index in [1.54, 1.807) is 0 Å². The molecule has 1 saturated carbocycles. The average Bonchev–Trinajstić information content (AvgIpc) is 3.36. The van der Waals surface area contributed by atoms with Crippen molar-refractivity contribution in [2.75, 3.05) is 13.2 Å². The second kappa shape index (κ2) is 6.57. The van der Waals surface area contributed by atoms with Gasteiger partial charge in [-0.3, -0.25) is 14.5 Å². The highest BCUT2D eigenvalue weighted by atomic mass is 16.3. The zero-order chi connectivity index (χ0) is 19.3. The third-order valence-corrected chi connectivity index (χ3v) is 6.24. The zero-order valence-corrected chi connectivity index (χ0v) is 15.4. The van der Waals surface area contributed by atoms with Crippen molar-refractivity contribution in [1.29, 1.82) is 0 Å². The molecule has 2 aliphatic carbocycles. The van der Waals surface area contributed by atoms with Gasteiger partial charge < -0.3 is 5.11 Å². The molecule has 1 aliphatic heterocycles. The molecule has 0 aromatic heterocycles. The molecule has 2 bridgehead atoms. The highest BCUT2D eigenvalue weighted by Gasteiger charge is 2.61. The van der Waals surface area contributed by atoms with Crippen LogP contribution < -0.4 is 0 Å². The number of likely N-dealkylation sites (tertiary alicyclic amines) is 1. The molecule has 5 rings (SSSR count). The largest absolute Gasteiger partial charge is 0.395 e. The Morgan fingerprint density at radius 2 is 1.25 bits per heavy atom. The lowest BCUT2D eigenvalue weighted by Crippen LogP contribution is -2.35. The first-order valence-corrected chi connectivity index (χ1v) is 9.71. The maximum Gasteiger partial charge on any atom is 0.234 e. The van der Waals surface area contributed by atoms with E-state index in [4.69, 9.17) is 0 Å². The molecule has 0 spiro atoms. The van der Waals surface area contributed by atoms with Crippen LogP contribution in [0.3, 0.4) is 0 Å². The number of aliphatic hydroxyl groups excluding tert-OH is 1. The Hall–Kier alpha value is -2.98. The highest BCUT2D eigenvalue weighted by molar-refractivity contribution is 6.08. The van der Waals surface area contributed by atoms with Gasteiger partial charge in [0.15, 0.2) is 0 Å². The second-order valence-electron chi connectivity index (χ2n) is 7.60. The Bertz CT molecular complexity index is 918. The minimum absolute atomic E-state index is 0.0643. The minimum atomic E-state index is -0.341. The first kappa shape index (κ1) is 17.1. The lowest BCUT2D eigenvalue weighted by molar-refractivity contribution is -0.141. The van der Waals surface area contributed by atoms with Gasteiger partial charge in [-0.15, -0.1) is 0 Å². The summed E-state index contributed by atoms with van der Waals surface area (Å²) in [6.07, 6.45) is 4.20. The number of β-amino-alcohol motifs (C(OH)–C–C–N with tert-alkyl or cyclic N) is 1. The number of benzene rings is 2. The van der Waals surface area contributed by atoms with Crippen molar-refractivity contribution >= 4 is 17.4 Å². The van der Waals surface area contributed by atoms with Crippen LogP contribution >= 0.6 is 0 Å². The molecule has 1 N–H and O–H groups in total. The number of rotatable bonds is 4. The van der Waals surface area contributed by atoms with Gasteiger partial charge in [-0.1, -0.05) is 72.8 Å². The van der Waals surface area contributed by atoms with E-state index in [9.17, 15) is 14.7 Å². The van der Waals surface area contributed by atoms with Crippen LogP contribution in [-0.2, 0) is 9.59 Å². The van der Waals surface area contributed by atoms with Crippen molar-refractivity contribution in [3.05, 3.63) is 89.5 Å². The van der Waals surface area contributed by atoms with Gasteiger partial charge in [0, 0.05) is 11.8 Å². The molecule has 1 heterocycles. The molecule has 0 unspecified atom stereocenters. The molecule has 4 atom stereocenters. The van der Waals surface area contributed by atoms with Crippen LogP contribution in [0.5, 0.6) is 0 Å². The fourth-order valence-corrected chi connectivity index (χ4v) is 5.19. The third-order valence-electron chi connectivity index (χ3n) is 6.24. The van der Waals surface area contributed by atoms with Gasteiger partial charge in [0.1, 0.15) is 0 Å². The lowest BCUT2D eigenvalue weighted by Gasteiger charge is -2.21. The summed E-state index contributed by atoms with van der Waals surface area (Å²) in [7, 11) is 0. The van der Waals surface area contributed by atoms with E-state index >= 15 is 0 Å². The SMILES string of the molecule is O=C1[C@H]2[C@H](C(=O)N1CCO)[C@H]1C=C[C@@H]2C1=C(c1ccccc1)c1ccccc1. The van der Waals surface area contributed by atoms with Crippen LogP contribution in [0.2, 0.25) is 0 Å². The monoisotopic (exact) mass is 371 g/mol. The van der Waals surface area contributed by atoms with Crippen LogP contribution in [0.1, 0.15) is 11.1 Å². The van der Waals surface area contributed by atoms with Crippen LogP contribution in [0.4, 0.5) is 0 Å². The number of nitrogens with zero attached hydrogens (tertiary/aromatic N) is 1. The normalized spacial score (nSPS) is 27.6. The summed E-state index contributed by atoms with van der Waals surface area (Å²) < 4.78 is 0. The molecule has 2 amide bonds. The summed E-state index contributed by atoms with van der Waals surface area (Å²) in [6, 6.07) is 20.4. The maximum absolute atomic E-state index is 13.0. The van der Waals surface area contributed by atoms with E-state index in [1.165, 1.54) is 10.5 Å². The molecule has 140 valence electrons. The van der Waals surface area contributed by atoms with Crippen molar-refractivity contribution in [3.63, 3.8) is 0 Å². The molecule has 4 nitrogen and oxygen atoms in total. The topological polar surface area (TPSA) is 57.6 Å². The molecule has 4 heteroatoms. The van der Waals surface area contributed by atoms with Crippen LogP contribution in [0.25, 0.3) is 5.57 Å². The average molecular weight is 371 g/mol. The number of aliphatic hydroxyl groups is 1. The van der Waals surface area contributed by atoms with E-state index < -0.39 is 0 Å². The quantitative estimate of drug-likeness (QED) is 0.664. The molecule has 2 aromatic rings. The maximum atomic E-state index is 13.0. The molecular formula is C24H21NO3. The van der Waals surface area contributed by atoms with Gasteiger partial charge in [0.25, 0.3) is 0 Å². The summed E-state index contributed by atoms with van der Waals surface area (Å²) >= 11 is 0. The van der Waals surface area contributed by atoms with Crippen molar-refractivity contribution in [2.45, 2.75) is 0 Å². The highest BCUT2D eigenvalue weighted by Crippen LogP contribution is 2.58. The molecule has 2 fully saturated rings. The predicted octanol–water partition coefficient (Wildman–Crippen LogP) is 2.90.